The summed E-state index contributed by atoms with van der Waals surface area (Å²) in [5.74, 6) is 1.94. The monoisotopic (exact) mass is 429 g/mol. The van der Waals surface area contributed by atoms with Crippen molar-refractivity contribution >= 4 is 17.4 Å². The number of hydrogen-bond donors (Lipinski definition) is 0. The van der Waals surface area contributed by atoms with Gasteiger partial charge in [0.25, 0.3) is 5.89 Å². The Labute approximate surface area is 180 Å². The number of hydrogen-bond acceptors (Lipinski definition) is 6. The molecule has 1 aromatic carbocycles. The molecule has 0 spiro atoms. The van der Waals surface area contributed by atoms with Crippen LogP contribution in [0.4, 0.5) is 10.2 Å². The van der Waals surface area contributed by atoms with Crippen LogP contribution >= 0.6 is 11.6 Å². The van der Waals surface area contributed by atoms with Crippen LogP contribution in [0.5, 0.6) is 0 Å². The second-order valence-corrected chi connectivity index (χ2v) is 8.21. The maximum atomic E-state index is 14.2. The Morgan fingerprint density at radius 2 is 2.00 bits per heavy atom. The summed E-state index contributed by atoms with van der Waals surface area (Å²) in [6.07, 6.45) is 2.71. The summed E-state index contributed by atoms with van der Waals surface area (Å²) in [6.45, 7) is 7.81. The fourth-order valence-corrected chi connectivity index (χ4v) is 3.87. The highest BCUT2D eigenvalue weighted by Gasteiger charge is 2.23. The fourth-order valence-electron chi connectivity index (χ4n) is 3.64. The van der Waals surface area contributed by atoms with Crippen LogP contribution in [-0.2, 0) is 6.54 Å². The molecule has 0 saturated carbocycles. The van der Waals surface area contributed by atoms with Gasteiger partial charge in [0, 0.05) is 55.4 Å². The van der Waals surface area contributed by atoms with Gasteiger partial charge in [-0.3, -0.25) is 4.90 Å². The van der Waals surface area contributed by atoms with Gasteiger partial charge in [-0.15, -0.1) is 0 Å². The minimum Gasteiger partial charge on any atom is -0.355 e. The molecule has 2 aromatic heterocycles. The molecule has 1 fully saturated rings. The van der Waals surface area contributed by atoms with E-state index < -0.39 is 0 Å². The van der Waals surface area contributed by atoms with Crippen LogP contribution in [0.15, 0.2) is 41.1 Å². The lowest BCUT2D eigenvalue weighted by Crippen LogP contribution is -2.31. The average molecular weight is 430 g/mol. The molecule has 0 atom stereocenters. The SMILES string of the molecule is CC(C)c1noc(-c2cccnc2N2CCCN(Cc3c(F)cccc3Cl)CC2)n1. The molecule has 1 aliphatic heterocycles. The maximum Gasteiger partial charge on any atom is 0.261 e. The van der Waals surface area contributed by atoms with Gasteiger partial charge in [-0.05, 0) is 30.7 Å². The zero-order valence-corrected chi connectivity index (χ0v) is 17.9. The second kappa shape index (κ2) is 9.10. The van der Waals surface area contributed by atoms with Crippen LogP contribution in [-0.4, -0.2) is 46.2 Å². The minimum atomic E-state index is -0.257. The highest BCUT2D eigenvalue weighted by Crippen LogP contribution is 2.29. The summed E-state index contributed by atoms with van der Waals surface area (Å²) in [7, 11) is 0. The number of pyridine rings is 1. The van der Waals surface area contributed by atoms with E-state index in [1.165, 1.54) is 6.07 Å². The summed E-state index contributed by atoms with van der Waals surface area (Å²) in [6, 6.07) is 8.67. The number of anilines is 1. The average Bonchev–Trinajstić information content (AvgIpc) is 3.12. The molecule has 1 aliphatic rings. The standard InChI is InChI=1S/C22H25ClFN5O/c1-15(2)20-26-22(30-27-20)16-6-4-9-25-21(16)29-11-5-10-28(12-13-29)14-17-18(23)7-3-8-19(17)24/h3-4,6-9,15H,5,10-14H2,1-2H3. The molecule has 0 unspecified atom stereocenters. The zero-order chi connectivity index (χ0) is 21.1. The molecule has 0 radical (unpaired) electrons. The van der Waals surface area contributed by atoms with Crippen molar-refractivity contribution in [2.45, 2.75) is 32.7 Å². The van der Waals surface area contributed by atoms with E-state index in [-0.39, 0.29) is 11.7 Å². The van der Waals surface area contributed by atoms with Crippen LogP contribution in [0.2, 0.25) is 5.02 Å². The maximum absolute atomic E-state index is 14.2. The number of aromatic nitrogens is 3. The number of nitrogens with zero attached hydrogens (tertiary/aromatic N) is 5. The van der Waals surface area contributed by atoms with Crippen molar-refractivity contribution in [1.82, 2.24) is 20.0 Å². The number of rotatable bonds is 5. The van der Waals surface area contributed by atoms with Gasteiger partial charge in [-0.1, -0.05) is 36.7 Å². The van der Waals surface area contributed by atoms with E-state index in [1.54, 1.807) is 18.3 Å². The lowest BCUT2D eigenvalue weighted by atomic mass is 10.2. The van der Waals surface area contributed by atoms with Crippen molar-refractivity contribution in [3.63, 3.8) is 0 Å². The molecule has 1 saturated heterocycles. The van der Waals surface area contributed by atoms with E-state index in [9.17, 15) is 4.39 Å². The number of benzene rings is 1. The van der Waals surface area contributed by atoms with E-state index >= 15 is 0 Å². The Bertz CT molecular complexity index is 988. The van der Waals surface area contributed by atoms with Crippen LogP contribution in [0.1, 0.15) is 37.6 Å². The van der Waals surface area contributed by atoms with Gasteiger partial charge in [0.2, 0.25) is 0 Å². The zero-order valence-electron chi connectivity index (χ0n) is 17.2. The van der Waals surface area contributed by atoms with Gasteiger partial charge in [0.1, 0.15) is 11.6 Å². The fraction of sp³-hybridized carbons (Fsp3) is 0.409. The lowest BCUT2D eigenvalue weighted by molar-refractivity contribution is 0.281. The van der Waals surface area contributed by atoms with Crippen molar-refractivity contribution in [3.8, 4) is 11.5 Å². The van der Waals surface area contributed by atoms with E-state index in [0.29, 0.717) is 28.8 Å². The first-order valence-electron chi connectivity index (χ1n) is 10.2. The molecule has 0 aliphatic carbocycles. The van der Waals surface area contributed by atoms with Gasteiger partial charge < -0.3 is 9.42 Å². The summed E-state index contributed by atoms with van der Waals surface area (Å²) >= 11 is 6.22. The Morgan fingerprint density at radius 1 is 1.13 bits per heavy atom. The first-order valence-corrected chi connectivity index (χ1v) is 10.6. The molecule has 0 N–H and O–H groups in total. The Hall–Kier alpha value is -2.51. The summed E-state index contributed by atoms with van der Waals surface area (Å²) in [5, 5.41) is 4.56. The molecule has 0 bridgehead atoms. The predicted octanol–water partition coefficient (Wildman–Crippen LogP) is 4.76. The third-order valence-electron chi connectivity index (χ3n) is 5.31. The second-order valence-electron chi connectivity index (χ2n) is 7.80. The summed E-state index contributed by atoms with van der Waals surface area (Å²) < 4.78 is 19.7. The largest absolute Gasteiger partial charge is 0.355 e. The molecule has 158 valence electrons. The van der Waals surface area contributed by atoms with E-state index in [2.05, 4.69) is 24.9 Å². The summed E-state index contributed by atoms with van der Waals surface area (Å²) in [5.41, 5.74) is 1.39. The molecule has 6 nitrogen and oxygen atoms in total. The number of halogens is 2. The normalized spacial score (nSPS) is 15.6. The van der Waals surface area contributed by atoms with E-state index in [1.807, 2.05) is 26.0 Å². The smallest absolute Gasteiger partial charge is 0.261 e. The predicted molar refractivity (Wildman–Crippen MR) is 115 cm³/mol. The lowest BCUT2D eigenvalue weighted by Gasteiger charge is -2.24. The van der Waals surface area contributed by atoms with Crippen molar-refractivity contribution in [1.29, 1.82) is 0 Å². The van der Waals surface area contributed by atoms with E-state index in [4.69, 9.17) is 16.1 Å². The third kappa shape index (κ3) is 4.47. The van der Waals surface area contributed by atoms with Gasteiger partial charge >= 0.3 is 0 Å². The molecular weight excluding hydrogens is 405 g/mol. The van der Waals surface area contributed by atoms with Gasteiger partial charge in [0.15, 0.2) is 5.82 Å². The first kappa shape index (κ1) is 20.8. The highest BCUT2D eigenvalue weighted by molar-refractivity contribution is 6.31. The molecule has 8 heteroatoms. The first-order chi connectivity index (χ1) is 14.5. The van der Waals surface area contributed by atoms with Crippen LogP contribution in [0.3, 0.4) is 0 Å². The van der Waals surface area contributed by atoms with Crippen molar-refractivity contribution < 1.29 is 8.91 Å². The van der Waals surface area contributed by atoms with Crippen molar-refractivity contribution in [3.05, 3.63) is 58.8 Å². The van der Waals surface area contributed by atoms with Crippen LogP contribution < -0.4 is 4.90 Å². The summed E-state index contributed by atoms with van der Waals surface area (Å²) in [4.78, 5) is 13.6. The van der Waals surface area contributed by atoms with E-state index in [0.717, 1.165) is 44.0 Å². The molecule has 3 heterocycles. The Kier molecular flexibility index (Phi) is 6.29. The van der Waals surface area contributed by atoms with Crippen molar-refractivity contribution in [2.75, 3.05) is 31.1 Å². The molecule has 3 aromatic rings. The highest BCUT2D eigenvalue weighted by atomic mass is 35.5. The molecule has 0 amide bonds. The van der Waals surface area contributed by atoms with Gasteiger partial charge in [-0.2, -0.15) is 4.98 Å². The Morgan fingerprint density at radius 3 is 2.77 bits per heavy atom. The Balaban J connectivity index is 1.51. The van der Waals surface area contributed by atoms with Gasteiger partial charge in [0.05, 0.1) is 5.56 Å². The molecule has 4 rings (SSSR count). The third-order valence-corrected chi connectivity index (χ3v) is 5.66. The van der Waals surface area contributed by atoms with Crippen LogP contribution in [0, 0.1) is 5.82 Å². The minimum absolute atomic E-state index is 0.194. The van der Waals surface area contributed by atoms with Crippen LogP contribution in [0.25, 0.3) is 11.5 Å². The molecular formula is C22H25ClFN5O. The van der Waals surface area contributed by atoms with Crippen molar-refractivity contribution in [2.24, 2.45) is 0 Å². The topological polar surface area (TPSA) is 58.3 Å². The van der Waals surface area contributed by atoms with Gasteiger partial charge in [-0.25, -0.2) is 9.37 Å². The quantitative estimate of drug-likeness (QED) is 0.582. The molecule has 30 heavy (non-hydrogen) atoms.